The molecule has 0 radical (unpaired) electrons. The minimum atomic E-state index is -0.794. The number of Topliss-reactive ketones (excluding diaryl/α,β-unsaturated/α-hetero) is 1. The first kappa shape index (κ1) is 17.3. The van der Waals surface area contributed by atoms with Gasteiger partial charge in [-0.3, -0.25) is 19.8 Å². The van der Waals surface area contributed by atoms with Crippen LogP contribution in [0.25, 0.3) is 0 Å². The van der Waals surface area contributed by atoms with E-state index in [0.29, 0.717) is 25.2 Å². The average molecular weight is 339 g/mol. The van der Waals surface area contributed by atoms with Crippen LogP contribution in [0.2, 0.25) is 0 Å². The van der Waals surface area contributed by atoms with Crippen molar-refractivity contribution in [1.29, 1.82) is 0 Å². The normalized spacial score (nSPS) is 18.8. The molecule has 0 aromatic heterocycles. The Morgan fingerprint density at radius 3 is 2.32 bits per heavy atom. The Kier molecular flexibility index (Phi) is 5.53. The molecule has 1 unspecified atom stereocenters. The number of piperazine rings is 1. The maximum absolute atomic E-state index is 12.3. The molecule has 1 atom stereocenters. The maximum atomic E-state index is 12.3. The number of benzene rings is 2. The molecule has 3 rings (SSSR count). The largest absolute Gasteiger partial charge is 0.293 e. The minimum absolute atomic E-state index is 0.000734. The lowest BCUT2D eigenvalue weighted by atomic mass is 10.1. The zero-order valence-corrected chi connectivity index (χ0v) is 14.0. The summed E-state index contributed by atoms with van der Waals surface area (Å²) in [7, 11) is 0. The molecule has 130 valence electrons. The molecule has 1 fully saturated rings. The lowest BCUT2D eigenvalue weighted by Gasteiger charge is -2.36. The summed E-state index contributed by atoms with van der Waals surface area (Å²) in [6.45, 7) is 2.25. The van der Waals surface area contributed by atoms with E-state index in [0.717, 1.165) is 5.56 Å². The van der Waals surface area contributed by atoms with Crippen LogP contribution in [-0.4, -0.2) is 52.9 Å². The van der Waals surface area contributed by atoms with Gasteiger partial charge in [0.1, 0.15) is 0 Å². The second-order valence-electron chi connectivity index (χ2n) is 6.25. The zero-order chi connectivity index (χ0) is 17.6. The first-order chi connectivity index (χ1) is 12.1. The molecule has 0 spiro atoms. The fraction of sp³-hybridized carbons (Fsp3) is 0.316. The number of nitro groups is 1. The second kappa shape index (κ2) is 8.00. The molecule has 2 aromatic carbocycles. The molecule has 0 saturated carbocycles. The quantitative estimate of drug-likeness (QED) is 0.459. The fourth-order valence-corrected chi connectivity index (χ4v) is 3.12. The van der Waals surface area contributed by atoms with Crippen LogP contribution in [0.5, 0.6) is 0 Å². The van der Waals surface area contributed by atoms with Crippen LogP contribution in [0.3, 0.4) is 0 Å². The third-order valence-electron chi connectivity index (χ3n) is 4.48. The van der Waals surface area contributed by atoms with Gasteiger partial charge in [-0.2, -0.15) is 0 Å². The molecule has 0 aliphatic carbocycles. The summed E-state index contributed by atoms with van der Waals surface area (Å²) in [5, 5.41) is 11.5. The summed E-state index contributed by atoms with van der Waals surface area (Å²) < 4.78 is 0. The second-order valence-corrected chi connectivity index (χ2v) is 6.25. The molecule has 1 heterocycles. The molecule has 1 aliphatic rings. The van der Waals surface area contributed by atoms with Gasteiger partial charge in [-0.25, -0.2) is 4.90 Å². The Balaban J connectivity index is 1.63. The number of nitrogens with zero attached hydrogens (tertiary/aromatic N) is 3. The Labute approximate surface area is 146 Å². The summed E-state index contributed by atoms with van der Waals surface area (Å²) in [4.78, 5) is 27.4. The highest BCUT2D eigenvalue weighted by molar-refractivity contribution is 5.97. The molecule has 0 N–H and O–H groups in total. The number of carbonyl (C=O) groups is 1. The Morgan fingerprint density at radius 1 is 1.04 bits per heavy atom. The molecular formula is C19H21N3O3. The molecule has 6 nitrogen and oxygen atoms in total. The van der Waals surface area contributed by atoms with E-state index in [9.17, 15) is 14.9 Å². The van der Waals surface area contributed by atoms with Crippen molar-refractivity contribution in [3.05, 3.63) is 81.9 Å². The molecule has 2 aromatic rings. The van der Waals surface area contributed by atoms with E-state index in [1.165, 1.54) is 0 Å². The van der Waals surface area contributed by atoms with Gasteiger partial charge >= 0.3 is 0 Å². The van der Waals surface area contributed by atoms with E-state index in [-0.39, 0.29) is 23.8 Å². The van der Waals surface area contributed by atoms with Crippen molar-refractivity contribution in [2.75, 3.05) is 26.2 Å². The van der Waals surface area contributed by atoms with E-state index < -0.39 is 6.17 Å². The van der Waals surface area contributed by atoms with Gasteiger partial charge < -0.3 is 0 Å². The molecule has 0 amide bonds. The highest BCUT2D eigenvalue weighted by Gasteiger charge is 2.35. The summed E-state index contributed by atoms with van der Waals surface area (Å²) in [5.74, 6) is -0.000734. The summed E-state index contributed by atoms with van der Waals surface area (Å²) in [6, 6.07) is 18.8. The summed E-state index contributed by atoms with van der Waals surface area (Å²) >= 11 is 0. The van der Waals surface area contributed by atoms with Crippen molar-refractivity contribution in [3.8, 4) is 0 Å². The number of rotatable bonds is 6. The third kappa shape index (κ3) is 4.49. The van der Waals surface area contributed by atoms with Crippen LogP contribution < -0.4 is 0 Å². The van der Waals surface area contributed by atoms with E-state index in [4.69, 9.17) is 0 Å². The van der Waals surface area contributed by atoms with Gasteiger partial charge in [0, 0.05) is 30.1 Å². The van der Waals surface area contributed by atoms with Gasteiger partial charge in [0.2, 0.25) is 0 Å². The lowest BCUT2D eigenvalue weighted by Crippen LogP contribution is -2.56. The molecule has 25 heavy (non-hydrogen) atoms. The molecular weight excluding hydrogens is 318 g/mol. The Hall–Kier alpha value is -2.57. The minimum Gasteiger partial charge on any atom is -0.293 e. The third-order valence-corrected chi connectivity index (χ3v) is 4.48. The number of carbonyl (C=O) groups excluding carboxylic acids is 1. The predicted molar refractivity (Wildman–Crippen MR) is 94.8 cm³/mol. The van der Waals surface area contributed by atoms with Gasteiger partial charge in [0.25, 0.3) is 6.17 Å². The highest BCUT2D eigenvalue weighted by Crippen LogP contribution is 2.15. The first-order valence-corrected chi connectivity index (χ1v) is 8.35. The van der Waals surface area contributed by atoms with Gasteiger partial charge in [0.15, 0.2) is 5.78 Å². The van der Waals surface area contributed by atoms with Crippen LogP contribution in [0.1, 0.15) is 15.9 Å². The smallest absolute Gasteiger partial charge is 0.281 e. The number of hydrogen-bond donors (Lipinski definition) is 0. The van der Waals surface area contributed by atoms with Crippen molar-refractivity contribution in [3.63, 3.8) is 0 Å². The zero-order valence-electron chi connectivity index (χ0n) is 14.0. The summed E-state index contributed by atoms with van der Waals surface area (Å²) in [6.07, 6.45) is -0.794. The molecule has 1 saturated heterocycles. The Morgan fingerprint density at radius 2 is 1.68 bits per heavy atom. The van der Waals surface area contributed by atoms with Crippen LogP contribution >= 0.6 is 0 Å². The standard InChI is InChI=1S/C19H21N3O3/c23-18(17-9-5-2-6-10-17)14-20-11-12-21(19(15-20)22(24)25)13-16-7-3-1-4-8-16/h1-10,19H,11-15H2. The topological polar surface area (TPSA) is 66.7 Å². The van der Waals surface area contributed by atoms with Crippen LogP contribution in [0.15, 0.2) is 60.7 Å². The average Bonchev–Trinajstić information content (AvgIpc) is 2.64. The van der Waals surface area contributed by atoms with Crippen molar-refractivity contribution in [1.82, 2.24) is 9.80 Å². The number of ketones is 1. The van der Waals surface area contributed by atoms with Crippen LogP contribution in [-0.2, 0) is 6.54 Å². The van der Waals surface area contributed by atoms with Crippen molar-refractivity contribution < 1.29 is 9.72 Å². The van der Waals surface area contributed by atoms with E-state index in [2.05, 4.69) is 0 Å². The maximum Gasteiger partial charge on any atom is 0.281 e. The van der Waals surface area contributed by atoms with Gasteiger partial charge in [-0.1, -0.05) is 60.7 Å². The van der Waals surface area contributed by atoms with E-state index in [1.54, 1.807) is 12.1 Å². The van der Waals surface area contributed by atoms with Gasteiger partial charge in [-0.15, -0.1) is 0 Å². The van der Waals surface area contributed by atoms with Crippen molar-refractivity contribution in [2.45, 2.75) is 12.7 Å². The summed E-state index contributed by atoms with van der Waals surface area (Å²) in [5.41, 5.74) is 1.70. The van der Waals surface area contributed by atoms with E-state index in [1.807, 2.05) is 58.3 Å². The van der Waals surface area contributed by atoms with Gasteiger partial charge in [-0.05, 0) is 5.56 Å². The molecule has 6 heteroatoms. The molecule has 0 bridgehead atoms. The SMILES string of the molecule is O=C(CN1CCN(Cc2ccccc2)C([N+](=O)[O-])C1)c1ccccc1. The van der Waals surface area contributed by atoms with Gasteiger partial charge in [0.05, 0.1) is 13.1 Å². The van der Waals surface area contributed by atoms with Crippen LogP contribution in [0, 0.1) is 10.1 Å². The van der Waals surface area contributed by atoms with E-state index >= 15 is 0 Å². The lowest BCUT2D eigenvalue weighted by molar-refractivity contribution is -0.555. The number of hydrogen-bond acceptors (Lipinski definition) is 5. The first-order valence-electron chi connectivity index (χ1n) is 8.35. The predicted octanol–water partition coefficient (Wildman–Crippen LogP) is 2.29. The fourth-order valence-electron chi connectivity index (χ4n) is 3.12. The van der Waals surface area contributed by atoms with Crippen LogP contribution in [0.4, 0.5) is 0 Å². The molecule has 1 aliphatic heterocycles. The highest BCUT2D eigenvalue weighted by atomic mass is 16.6. The monoisotopic (exact) mass is 339 g/mol. The van der Waals surface area contributed by atoms with Crippen molar-refractivity contribution in [2.24, 2.45) is 0 Å². The van der Waals surface area contributed by atoms with Crippen molar-refractivity contribution >= 4 is 5.78 Å². The Bertz CT molecular complexity index is 721.